The number of hydrogen-bond donors (Lipinski definition) is 0. The molecule has 10 aromatic rings. The first-order chi connectivity index (χ1) is 29.2. The van der Waals surface area contributed by atoms with Crippen molar-refractivity contribution >= 4 is 66.4 Å². The van der Waals surface area contributed by atoms with E-state index in [1.165, 1.54) is 48.5 Å². The maximum absolute atomic E-state index is 16.6. The fourth-order valence-corrected chi connectivity index (χ4v) is 8.43. The van der Waals surface area contributed by atoms with Gasteiger partial charge in [0.25, 0.3) is 0 Å². The third-order valence-corrected chi connectivity index (χ3v) is 10.9. The van der Waals surface area contributed by atoms with Crippen molar-refractivity contribution in [3.63, 3.8) is 0 Å². The van der Waals surface area contributed by atoms with E-state index in [-0.39, 0.29) is 22.5 Å². The number of hydrogen-bond acceptors (Lipinski definition) is 2. The summed E-state index contributed by atoms with van der Waals surface area (Å²) >= 11 is 0. The lowest BCUT2D eigenvalue weighted by atomic mass is 9.91. The summed E-state index contributed by atoms with van der Waals surface area (Å²) < 4.78 is 92.7. The Morgan fingerprint density at radius 3 is 1.12 bits per heavy atom. The van der Waals surface area contributed by atoms with Gasteiger partial charge in [0.2, 0.25) is 0 Å². The second-order valence-corrected chi connectivity index (χ2v) is 14.5. The van der Waals surface area contributed by atoms with Crippen molar-refractivity contribution in [2.75, 3.05) is 9.80 Å². The van der Waals surface area contributed by atoms with Crippen LogP contribution in [0.1, 0.15) is 0 Å². The standard InChI is InChI=1S/C52H30F6N2/c53-35-11-7-9-33(25-35)43-27-37(55)29-45(57)51(43)59(39-13-3-1-4-14-39)47-23-19-31-18-22-42-48(24-20-32-17-21-41(47)49(31)50(32)42)60(40-15-5-2-6-16-40)52-44(28-38(56)30-46(52)58)34-10-8-12-36(54)26-34/h1-30H. The minimum atomic E-state index is -0.847. The Kier molecular flexibility index (Phi) is 8.98. The van der Waals surface area contributed by atoms with Crippen LogP contribution in [-0.2, 0) is 0 Å². The highest BCUT2D eigenvalue weighted by Gasteiger charge is 2.28. The van der Waals surface area contributed by atoms with Gasteiger partial charge in [-0.3, -0.25) is 0 Å². The molecule has 0 unspecified atom stereocenters. The van der Waals surface area contributed by atoms with Crippen LogP contribution in [0.3, 0.4) is 0 Å². The molecule has 0 saturated heterocycles. The van der Waals surface area contributed by atoms with Crippen LogP contribution in [-0.4, -0.2) is 0 Å². The van der Waals surface area contributed by atoms with Crippen LogP contribution in [0, 0.1) is 34.9 Å². The van der Waals surface area contributed by atoms with Gasteiger partial charge in [0.1, 0.15) is 23.3 Å². The van der Waals surface area contributed by atoms with Crippen molar-refractivity contribution in [3.05, 3.63) is 217 Å². The normalized spacial score (nSPS) is 11.5. The van der Waals surface area contributed by atoms with Crippen molar-refractivity contribution in [1.29, 1.82) is 0 Å². The summed E-state index contributed by atoms with van der Waals surface area (Å²) in [6.45, 7) is 0. The average molecular weight is 797 g/mol. The van der Waals surface area contributed by atoms with Gasteiger partial charge in [-0.15, -0.1) is 0 Å². The van der Waals surface area contributed by atoms with E-state index in [1.54, 1.807) is 21.9 Å². The van der Waals surface area contributed by atoms with E-state index in [2.05, 4.69) is 0 Å². The van der Waals surface area contributed by atoms with Gasteiger partial charge in [-0.05, 0) is 105 Å². The summed E-state index contributed by atoms with van der Waals surface area (Å²) in [5.41, 5.74) is 3.20. The lowest BCUT2D eigenvalue weighted by Crippen LogP contribution is -2.15. The summed E-state index contributed by atoms with van der Waals surface area (Å²) in [5, 5.41) is 4.81. The third-order valence-electron chi connectivity index (χ3n) is 10.9. The molecule has 0 aliphatic carbocycles. The number of para-hydroxylation sites is 2. The minimum absolute atomic E-state index is 0.0239. The predicted molar refractivity (Wildman–Crippen MR) is 230 cm³/mol. The highest BCUT2D eigenvalue weighted by Crippen LogP contribution is 2.51. The van der Waals surface area contributed by atoms with Crippen LogP contribution in [0.2, 0.25) is 0 Å². The summed E-state index contributed by atoms with van der Waals surface area (Å²) in [4.78, 5) is 3.44. The van der Waals surface area contributed by atoms with E-state index in [1.807, 2.05) is 109 Å². The predicted octanol–water partition coefficient (Wildman–Crippen LogP) is 15.7. The molecular weight excluding hydrogens is 767 g/mol. The summed E-state index contributed by atoms with van der Waals surface area (Å²) in [6, 6.07) is 49.0. The molecule has 0 heterocycles. The minimum Gasteiger partial charge on any atom is -0.307 e. The molecule has 0 aromatic heterocycles. The molecule has 2 nitrogen and oxygen atoms in total. The fourth-order valence-electron chi connectivity index (χ4n) is 8.43. The SMILES string of the molecule is Fc1cccc(-c2cc(F)cc(F)c2N(c2ccccc2)c2ccc3ccc4c(N(c5ccccc5)c5c(F)cc(F)cc5-c5cccc(F)c5)ccc5ccc2c3c54)c1. The van der Waals surface area contributed by atoms with Gasteiger partial charge in [-0.2, -0.15) is 0 Å². The van der Waals surface area contributed by atoms with Crippen molar-refractivity contribution < 1.29 is 26.3 Å². The second kappa shape index (κ2) is 14.7. The van der Waals surface area contributed by atoms with Gasteiger partial charge < -0.3 is 9.80 Å². The Labute approximate surface area is 340 Å². The quantitative estimate of drug-likeness (QED) is 0.112. The van der Waals surface area contributed by atoms with Gasteiger partial charge in [0.15, 0.2) is 11.6 Å². The molecule has 0 atom stereocenters. The Morgan fingerprint density at radius 2 is 0.717 bits per heavy atom. The van der Waals surface area contributed by atoms with E-state index in [9.17, 15) is 8.78 Å². The first kappa shape index (κ1) is 36.7. The second-order valence-electron chi connectivity index (χ2n) is 14.5. The van der Waals surface area contributed by atoms with Crippen molar-refractivity contribution in [2.24, 2.45) is 0 Å². The number of nitrogens with zero attached hydrogens (tertiary/aromatic N) is 2. The van der Waals surface area contributed by atoms with E-state index in [4.69, 9.17) is 0 Å². The van der Waals surface area contributed by atoms with E-state index in [0.29, 0.717) is 33.9 Å². The molecule has 0 amide bonds. The van der Waals surface area contributed by atoms with Crippen LogP contribution in [0.5, 0.6) is 0 Å². The molecule has 10 aromatic carbocycles. The van der Waals surface area contributed by atoms with Crippen LogP contribution < -0.4 is 9.80 Å². The Bertz CT molecular complexity index is 3020. The van der Waals surface area contributed by atoms with Crippen LogP contribution in [0.4, 0.5) is 60.5 Å². The van der Waals surface area contributed by atoms with Crippen molar-refractivity contribution in [3.8, 4) is 22.3 Å². The smallest absolute Gasteiger partial charge is 0.150 e. The molecule has 0 fully saturated rings. The van der Waals surface area contributed by atoms with E-state index < -0.39 is 34.9 Å². The van der Waals surface area contributed by atoms with Gasteiger partial charge in [-0.25, -0.2) is 26.3 Å². The number of rotatable bonds is 8. The number of benzene rings is 10. The highest BCUT2D eigenvalue weighted by molar-refractivity contribution is 6.28. The molecule has 0 N–H and O–H groups in total. The van der Waals surface area contributed by atoms with Gasteiger partial charge in [0, 0.05) is 45.4 Å². The van der Waals surface area contributed by atoms with Gasteiger partial charge in [-0.1, -0.05) is 97.1 Å². The number of halogens is 6. The summed E-state index contributed by atoms with van der Waals surface area (Å²) in [5.74, 6) is -4.43. The maximum atomic E-state index is 16.6. The zero-order valence-corrected chi connectivity index (χ0v) is 31.5. The summed E-state index contributed by atoms with van der Waals surface area (Å²) in [6.07, 6.45) is 0. The van der Waals surface area contributed by atoms with Gasteiger partial charge >= 0.3 is 0 Å². The monoisotopic (exact) mass is 796 g/mol. The molecule has 0 saturated carbocycles. The first-order valence-corrected chi connectivity index (χ1v) is 19.1. The van der Waals surface area contributed by atoms with Crippen LogP contribution >= 0.6 is 0 Å². The van der Waals surface area contributed by atoms with Crippen molar-refractivity contribution in [2.45, 2.75) is 0 Å². The fraction of sp³-hybridized carbons (Fsp3) is 0. The third kappa shape index (κ3) is 6.25. The molecule has 0 aliphatic rings. The van der Waals surface area contributed by atoms with E-state index in [0.717, 1.165) is 44.5 Å². The molecule has 290 valence electrons. The molecule has 10 rings (SSSR count). The number of anilines is 6. The Morgan fingerprint density at radius 1 is 0.317 bits per heavy atom. The molecule has 60 heavy (non-hydrogen) atoms. The molecule has 0 spiro atoms. The average Bonchev–Trinajstić information content (AvgIpc) is 3.25. The Hall–Kier alpha value is -7.58. The van der Waals surface area contributed by atoms with Crippen LogP contribution in [0.15, 0.2) is 182 Å². The zero-order chi connectivity index (χ0) is 41.1. The van der Waals surface area contributed by atoms with Crippen molar-refractivity contribution in [1.82, 2.24) is 0 Å². The molecule has 0 aliphatic heterocycles. The lowest BCUT2D eigenvalue weighted by molar-refractivity contribution is 0.584. The topological polar surface area (TPSA) is 6.48 Å². The lowest BCUT2D eigenvalue weighted by Gasteiger charge is -2.31. The maximum Gasteiger partial charge on any atom is 0.150 e. The van der Waals surface area contributed by atoms with E-state index >= 15 is 17.6 Å². The van der Waals surface area contributed by atoms with Crippen LogP contribution in [0.25, 0.3) is 54.6 Å². The zero-order valence-electron chi connectivity index (χ0n) is 31.5. The molecular formula is C52H30F6N2. The summed E-state index contributed by atoms with van der Waals surface area (Å²) in [7, 11) is 0. The van der Waals surface area contributed by atoms with Gasteiger partial charge in [0.05, 0.1) is 22.7 Å². The molecule has 0 radical (unpaired) electrons. The largest absolute Gasteiger partial charge is 0.307 e. The molecule has 0 bridgehead atoms. The highest BCUT2D eigenvalue weighted by atomic mass is 19.2. The first-order valence-electron chi connectivity index (χ1n) is 19.1. The Balaban J connectivity index is 1.26. The molecule has 8 heteroatoms.